The molecule has 1 atom stereocenters. The van der Waals surface area contributed by atoms with Crippen molar-refractivity contribution in [1.82, 2.24) is 10.2 Å². The van der Waals surface area contributed by atoms with Crippen LogP contribution in [0.3, 0.4) is 0 Å². The maximum atomic E-state index is 14.1. The molecule has 1 N–H and O–H groups in total. The summed E-state index contributed by atoms with van der Waals surface area (Å²) in [4.78, 5) is 29.0. The average Bonchev–Trinajstić information content (AvgIpc) is 2.87. The fraction of sp³-hybridized carbons (Fsp3) is 0.286. The van der Waals surface area contributed by atoms with Crippen LogP contribution in [0.2, 0.25) is 25.1 Å². The van der Waals surface area contributed by atoms with Crippen molar-refractivity contribution >= 4 is 85.5 Å². The van der Waals surface area contributed by atoms with Gasteiger partial charge in [0.1, 0.15) is 12.6 Å². The normalized spacial score (nSPS) is 12.2. The lowest BCUT2D eigenvalue weighted by Gasteiger charge is -2.34. The summed E-state index contributed by atoms with van der Waals surface area (Å²) in [6.45, 7) is 2.82. The third kappa shape index (κ3) is 9.14. The number of carbonyl (C=O) groups excluding carboxylic acids is 2. The molecular weight excluding hydrogens is 652 g/mol. The molecule has 0 aliphatic rings. The summed E-state index contributed by atoms with van der Waals surface area (Å²) in [5.41, 5.74) is 1.27. The predicted octanol–water partition coefficient (Wildman–Crippen LogP) is 6.88. The number of hydrogen-bond acceptors (Lipinski definition) is 4. The Hall–Kier alpha value is -2.20. The molecule has 13 heteroatoms. The Bertz CT molecular complexity index is 1520. The van der Waals surface area contributed by atoms with Gasteiger partial charge in [0.05, 0.1) is 27.0 Å². The molecule has 2 amide bonds. The molecule has 220 valence electrons. The van der Waals surface area contributed by atoms with E-state index in [4.69, 9.17) is 58.0 Å². The zero-order valence-electron chi connectivity index (χ0n) is 22.4. The summed E-state index contributed by atoms with van der Waals surface area (Å²) in [6.07, 6.45) is 1.09. The number of sulfonamides is 1. The molecule has 0 bridgehead atoms. The molecule has 3 aromatic rings. The fourth-order valence-electron chi connectivity index (χ4n) is 4.07. The van der Waals surface area contributed by atoms with Crippen molar-refractivity contribution in [2.24, 2.45) is 0 Å². The summed E-state index contributed by atoms with van der Waals surface area (Å²) in [7, 11) is -4.05. The zero-order chi connectivity index (χ0) is 30.5. The van der Waals surface area contributed by atoms with Crippen molar-refractivity contribution in [3.63, 3.8) is 0 Å². The summed E-state index contributed by atoms with van der Waals surface area (Å²) < 4.78 is 26.7. The summed E-state index contributed by atoms with van der Waals surface area (Å²) >= 11 is 31.1. The first kappa shape index (κ1) is 33.3. The van der Waals surface area contributed by atoms with E-state index >= 15 is 0 Å². The summed E-state index contributed by atoms with van der Waals surface area (Å²) in [5.74, 6) is -1.09. The highest BCUT2D eigenvalue weighted by Crippen LogP contribution is 2.36. The van der Waals surface area contributed by atoms with Gasteiger partial charge in [-0.1, -0.05) is 94.4 Å². The van der Waals surface area contributed by atoms with Gasteiger partial charge < -0.3 is 10.2 Å². The van der Waals surface area contributed by atoms with Gasteiger partial charge in [-0.05, 0) is 49.2 Å². The third-order valence-corrected chi connectivity index (χ3v) is 8.73. The van der Waals surface area contributed by atoms with Crippen molar-refractivity contribution in [2.45, 2.75) is 38.9 Å². The van der Waals surface area contributed by atoms with E-state index < -0.39 is 34.4 Å². The van der Waals surface area contributed by atoms with E-state index in [1.807, 2.05) is 30.3 Å². The van der Waals surface area contributed by atoms with Crippen LogP contribution in [0, 0.1) is 0 Å². The quantitative estimate of drug-likeness (QED) is 0.224. The van der Waals surface area contributed by atoms with Crippen LogP contribution >= 0.6 is 58.0 Å². The van der Waals surface area contributed by atoms with E-state index in [0.717, 1.165) is 16.1 Å². The molecule has 0 aliphatic heterocycles. The van der Waals surface area contributed by atoms with Crippen molar-refractivity contribution < 1.29 is 18.0 Å². The standard InChI is InChI=1S/C28H28Cl5N3O4S/c1-17(2)34-28(38)26(11-18-7-5-4-6-8-18)35(15-19-9-10-20(29)12-21(19)30)27(37)16-36(41(3,39)40)25-14-23(32)22(31)13-24(25)33/h4-10,12-14,17,26H,11,15-16H2,1-3H3,(H,34,38)/t26-/m0/s1. The van der Waals surface area contributed by atoms with Gasteiger partial charge in [-0.2, -0.15) is 0 Å². The van der Waals surface area contributed by atoms with E-state index in [0.29, 0.717) is 10.6 Å². The van der Waals surface area contributed by atoms with Gasteiger partial charge in [0.15, 0.2) is 0 Å². The first-order chi connectivity index (χ1) is 19.2. The highest BCUT2D eigenvalue weighted by atomic mass is 35.5. The second-order valence-corrected chi connectivity index (χ2v) is 13.6. The number of hydrogen-bond donors (Lipinski definition) is 1. The second kappa shape index (κ2) is 14.3. The van der Waals surface area contributed by atoms with E-state index in [2.05, 4.69) is 5.32 Å². The van der Waals surface area contributed by atoms with Crippen LogP contribution in [-0.2, 0) is 32.6 Å². The van der Waals surface area contributed by atoms with Crippen LogP contribution in [0.15, 0.2) is 60.7 Å². The Morgan fingerprint density at radius 1 is 0.854 bits per heavy atom. The minimum atomic E-state index is -4.05. The van der Waals surface area contributed by atoms with Crippen LogP contribution in [0.4, 0.5) is 5.69 Å². The molecule has 0 fully saturated rings. The number of amides is 2. The number of anilines is 1. The van der Waals surface area contributed by atoms with Gasteiger partial charge >= 0.3 is 0 Å². The lowest BCUT2D eigenvalue weighted by molar-refractivity contribution is -0.140. The predicted molar refractivity (Wildman–Crippen MR) is 168 cm³/mol. The van der Waals surface area contributed by atoms with E-state index in [9.17, 15) is 18.0 Å². The third-order valence-electron chi connectivity index (χ3n) is 6.00. The lowest BCUT2D eigenvalue weighted by atomic mass is 10.0. The maximum absolute atomic E-state index is 14.1. The van der Waals surface area contributed by atoms with Gasteiger partial charge in [0, 0.05) is 29.1 Å². The van der Waals surface area contributed by atoms with Crippen molar-refractivity contribution in [3.8, 4) is 0 Å². The van der Waals surface area contributed by atoms with E-state index in [1.165, 1.54) is 23.1 Å². The first-order valence-electron chi connectivity index (χ1n) is 12.4. The molecular formula is C28H28Cl5N3O4S. The molecule has 0 unspecified atom stereocenters. The van der Waals surface area contributed by atoms with Crippen LogP contribution in [-0.4, -0.2) is 50.0 Å². The molecule has 0 radical (unpaired) electrons. The van der Waals surface area contributed by atoms with Gasteiger partial charge in [0.2, 0.25) is 21.8 Å². The molecule has 0 spiro atoms. The topological polar surface area (TPSA) is 86.8 Å². The van der Waals surface area contributed by atoms with Crippen LogP contribution < -0.4 is 9.62 Å². The molecule has 0 aromatic heterocycles. The molecule has 0 saturated carbocycles. The molecule has 0 heterocycles. The Labute approximate surface area is 265 Å². The number of nitrogens with one attached hydrogen (secondary N) is 1. The van der Waals surface area contributed by atoms with Gasteiger partial charge in [0.25, 0.3) is 0 Å². The molecule has 3 rings (SSSR count). The number of carbonyl (C=O) groups is 2. The SMILES string of the molecule is CC(C)NC(=O)[C@H](Cc1ccccc1)N(Cc1ccc(Cl)cc1Cl)C(=O)CN(c1cc(Cl)c(Cl)cc1Cl)S(C)(=O)=O. The number of benzene rings is 3. The van der Waals surface area contributed by atoms with Crippen molar-refractivity contribution in [1.29, 1.82) is 0 Å². The minimum Gasteiger partial charge on any atom is -0.352 e. The van der Waals surface area contributed by atoms with Gasteiger partial charge in [-0.15, -0.1) is 0 Å². The average molecular weight is 680 g/mol. The summed E-state index contributed by atoms with van der Waals surface area (Å²) in [6, 6.07) is 15.3. The van der Waals surface area contributed by atoms with Crippen LogP contribution in [0.5, 0.6) is 0 Å². The van der Waals surface area contributed by atoms with Crippen molar-refractivity contribution in [3.05, 3.63) is 96.9 Å². The fourth-order valence-corrected chi connectivity index (χ4v) is 6.08. The zero-order valence-corrected chi connectivity index (χ0v) is 27.0. The smallest absolute Gasteiger partial charge is 0.244 e. The van der Waals surface area contributed by atoms with E-state index in [-0.39, 0.29) is 44.8 Å². The molecule has 0 saturated heterocycles. The van der Waals surface area contributed by atoms with Gasteiger partial charge in [-0.25, -0.2) is 8.42 Å². The van der Waals surface area contributed by atoms with E-state index in [1.54, 1.807) is 26.0 Å². The van der Waals surface area contributed by atoms with Crippen molar-refractivity contribution in [2.75, 3.05) is 17.1 Å². The largest absolute Gasteiger partial charge is 0.352 e. The number of rotatable bonds is 11. The highest BCUT2D eigenvalue weighted by molar-refractivity contribution is 7.92. The summed E-state index contributed by atoms with van der Waals surface area (Å²) in [5, 5.41) is 3.70. The maximum Gasteiger partial charge on any atom is 0.244 e. The lowest BCUT2D eigenvalue weighted by Crippen LogP contribution is -2.54. The Morgan fingerprint density at radius 2 is 1.49 bits per heavy atom. The Kier molecular flexibility index (Phi) is 11.6. The highest BCUT2D eigenvalue weighted by Gasteiger charge is 2.34. The monoisotopic (exact) mass is 677 g/mol. The first-order valence-corrected chi connectivity index (χ1v) is 16.1. The van der Waals surface area contributed by atoms with Crippen LogP contribution in [0.1, 0.15) is 25.0 Å². The molecule has 41 heavy (non-hydrogen) atoms. The van der Waals surface area contributed by atoms with Gasteiger partial charge in [-0.3, -0.25) is 13.9 Å². The number of halogens is 5. The Balaban J connectivity index is 2.12. The Morgan fingerprint density at radius 3 is 2.07 bits per heavy atom. The second-order valence-electron chi connectivity index (χ2n) is 9.61. The molecule has 0 aliphatic carbocycles. The molecule has 7 nitrogen and oxygen atoms in total. The molecule has 3 aromatic carbocycles. The van der Waals surface area contributed by atoms with Crippen LogP contribution in [0.25, 0.3) is 0 Å². The number of nitrogens with zero attached hydrogens (tertiary/aromatic N) is 2. The minimum absolute atomic E-state index is 0.0247.